The number of anilines is 1. The lowest BCUT2D eigenvalue weighted by Crippen LogP contribution is -2.44. The molecule has 1 N–H and O–H groups in total. The number of alkyl halides is 3. The molecule has 0 atom stereocenters. The third-order valence-electron chi connectivity index (χ3n) is 5.02. The van der Waals surface area contributed by atoms with Gasteiger partial charge in [-0.2, -0.15) is 4.39 Å². The molecular weight excluding hydrogens is 463 g/mol. The first-order valence-corrected chi connectivity index (χ1v) is 10.7. The molecule has 2 aromatic rings. The van der Waals surface area contributed by atoms with Crippen LogP contribution in [0.3, 0.4) is 0 Å². The van der Waals surface area contributed by atoms with Gasteiger partial charge in [0.15, 0.2) is 5.75 Å². The molecule has 1 aliphatic carbocycles. The Morgan fingerprint density at radius 2 is 1.90 bits per heavy atom. The number of aromatic nitrogens is 1. The molecule has 1 aromatic carbocycles. The lowest BCUT2D eigenvalue weighted by Gasteiger charge is -2.36. The third kappa shape index (κ3) is 4.61. The number of rotatable bonds is 5. The molecule has 12 heteroatoms. The van der Waals surface area contributed by atoms with E-state index in [9.17, 15) is 18.4 Å². The maximum atomic E-state index is 14.9. The number of pyridine rings is 1. The number of hydrogen-bond acceptors (Lipinski definition) is 6. The van der Waals surface area contributed by atoms with Gasteiger partial charge in [0.05, 0.1) is 22.8 Å². The number of nitrogens with zero attached hydrogens (tertiary/aromatic N) is 3. The zero-order valence-electron chi connectivity index (χ0n) is 15.5. The molecule has 2 fully saturated rings. The van der Waals surface area contributed by atoms with Crippen LogP contribution in [0.1, 0.15) is 18.9 Å². The molecule has 0 bridgehead atoms. The Morgan fingerprint density at radius 3 is 2.47 bits per heavy atom. The SMILES string of the molecule is O=C(O)Oc1cn(C2CC2)c2cc(N3CCN(SC(F)(Cl)Cl)CC3)c(F)cc2c1=O. The smallest absolute Gasteiger partial charge is 0.449 e. The maximum Gasteiger partial charge on any atom is 0.511 e. The van der Waals surface area contributed by atoms with Crippen molar-refractivity contribution in [1.82, 2.24) is 8.87 Å². The molecule has 1 saturated carbocycles. The fourth-order valence-corrected chi connectivity index (χ4v) is 4.79. The number of halogens is 4. The number of carboxylic acid groups (broad SMARTS) is 1. The molecule has 0 amide bonds. The van der Waals surface area contributed by atoms with Crippen molar-refractivity contribution in [2.75, 3.05) is 31.1 Å². The predicted octanol–water partition coefficient (Wildman–Crippen LogP) is 4.36. The highest BCUT2D eigenvalue weighted by Gasteiger charge is 2.31. The van der Waals surface area contributed by atoms with Crippen molar-refractivity contribution in [3.63, 3.8) is 0 Å². The number of fused-ring (bicyclic) bond motifs is 1. The molecule has 162 valence electrons. The van der Waals surface area contributed by atoms with E-state index in [1.54, 1.807) is 19.8 Å². The molecule has 1 aliphatic heterocycles. The molecule has 1 aromatic heterocycles. The van der Waals surface area contributed by atoms with Gasteiger partial charge in [0.2, 0.25) is 5.43 Å². The van der Waals surface area contributed by atoms with Crippen molar-refractivity contribution in [2.24, 2.45) is 0 Å². The molecule has 1 saturated heterocycles. The van der Waals surface area contributed by atoms with E-state index in [0.29, 0.717) is 49.3 Å². The highest BCUT2D eigenvalue weighted by atomic mass is 35.5. The minimum Gasteiger partial charge on any atom is -0.449 e. The van der Waals surface area contributed by atoms with Crippen molar-refractivity contribution in [3.05, 3.63) is 34.4 Å². The lowest BCUT2D eigenvalue weighted by molar-refractivity contribution is 0.143. The maximum absolute atomic E-state index is 14.9. The summed E-state index contributed by atoms with van der Waals surface area (Å²) in [5.41, 5.74) is 0.147. The molecule has 30 heavy (non-hydrogen) atoms. The van der Waals surface area contributed by atoms with E-state index in [1.165, 1.54) is 6.20 Å². The van der Waals surface area contributed by atoms with Gasteiger partial charge >= 0.3 is 10.1 Å². The summed E-state index contributed by atoms with van der Waals surface area (Å²) in [4.78, 5) is 25.3. The van der Waals surface area contributed by atoms with E-state index in [4.69, 9.17) is 28.3 Å². The summed E-state index contributed by atoms with van der Waals surface area (Å²) in [5.74, 6) is -0.957. The summed E-state index contributed by atoms with van der Waals surface area (Å²) >= 11 is 11.5. The number of ether oxygens (including phenoxy) is 1. The highest BCUT2D eigenvalue weighted by molar-refractivity contribution is 8.00. The van der Waals surface area contributed by atoms with Gasteiger partial charge < -0.3 is 19.3 Å². The van der Waals surface area contributed by atoms with E-state index in [-0.39, 0.29) is 17.2 Å². The topological polar surface area (TPSA) is 75.0 Å². The van der Waals surface area contributed by atoms with E-state index in [0.717, 1.165) is 18.9 Å². The van der Waals surface area contributed by atoms with Crippen LogP contribution in [0.25, 0.3) is 10.9 Å². The third-order valence-corrected chi connectivity index (χ3v) is 6.26. The lowest BCUT2D eigenvalue weighted by atomic mass is 10.1. The first kappa shape index (κ1) is 21.5. The summed E-state index contributed by atoms with van der Waals surface area (Å²) in [6.45, 7) is 1.64. The zero-order chi connectivity index (χ0) is 21.6. The first-order chi connectivity index (χ1) is 14.1. The van der Waals surface area contributed by atoms with Gasteiger partial charge in [-0.25, -0.2) is 13.5 Å². The minimum atomic E-state index is -2.42. The van der Waals surface area contributed by atoms with Crippen molar-refractivity contribution in [3.8, 4) is 5.75 Å². The van der Waals surface area contributed by atoms with Gasteiger partial charge in [-0.15, -0.1) is 0 Å². The van der Waals surface area contributed by atoms with E-state index in [1.807, 2.05) is 0 Å². The Kier molecular flexibility index (Phi) is 5.78. The molecule has 2 heterocycles. The van der Waals surface area contributed by atoms with Crippen LogP contribution >= 0.6 is 35.1 Å². The van der Waals surface area contributed by atoms with E-state index >= 15 is 0 Å². The summed E-state index contributed by atoms with van der Waals surface area (Å²) in [6, 6.07) is 2.81. The Hall–Kier alpha value is -1.75. The quantitative estimate of drug-likeness (QED) is 0.387. The van der Waals surface area contributed by atoms with Crippen molar-refractivity contribution in [2.45, 2.75) is 22.8 Å². The Balaban J connectivity index is 1.68. The van der Waals surface area contributed by atoms with Crippen molar-refractivity contribution >= 4 is 57.9 Å². The summed E-state index contributed by atoms with van der Waals surface area (Å²) in [7, 11) is 0. The van der Waals surface area contributed by atoms with Gasteiger partial charge in [0.25, 0.3) is 0 Å². The van der Waals surface area contributed by atoms with Crippen LogP contribution in [0, 0.1) is 5.82 Å². The second kappa shape index (κ2) is 8.07. The Bertz CT molecular complexity index is 1050. The molecule has 4 rings (SSSR count). The summed E-state index contributed by atoms with van der Waals surface area (Å²) < 4.78 is 33.9. The van der Waals surface area contributed by atoms with Gasteiger partial charge in [0.1, 0.15) is 5.82 Å². The van der Waals surface area contributed by atoms with Crippen LogP contribution in [0.4, 0.5) is 19.3 Å². The van der Waals surface area contributed by atoms with Crippen LogP contribution in [-0.2, 0) is 0 Å². The fraction of sp³-hybridized carbons (Fsp3) is 0.444. The largest absolute Gasteiger partial charge is 0.511 e. The van der Waals surface area contributed by atoms with Crippen LogP contribution in [0.5, 0.6) is 5.75 Å². The van der Waals surface area contributed by atoms with Gasteiger partial charge in [0, 0.05) is 32.2 Å². The number of benzene rings is 1. The molecule has 2 aliphatic rings. The zero-order valence-corrected chi connectivity index (χ0v) is 17.8. The predicted molar refractivity (Wildman–Crippen MR) is 112 cm³/mol. The van der Waals surface area contributed by atoms with Gasteiger partial charge in [-0.3, -0.25) is 4.79 Å². The molecular formula is C18H17Cl2F2N3O4S. The van der Waals surface area contributed by atoms with Crippen LogP contribution in [-0.4, -0.2) is 50.2 Å². The highest BCUT2D eigenvalue weighted by Crippen LogP contribution is 2.40. The fourth-order valence-electron chi connectivity index (χ4n) is 3.56. The Labute approximate surface area is 184 Å². The average Bonchev–Trinajstić information content (AvgIpc) is 3.48. The molecule has 7 nitrogen and oxygen atoms in total. The number of hydrogen-bond donors (Lipinski definition) is 1. The van der Waals surface area contributed by atoms with E-state index < -0.39 is 21.3 Å². The van der Waals surface area contributed by atoms with Crippen LogP contribution in [0.2, 0.25) is 0 Å². The average molecular weight is 480 g/mol. The Morgan fingerprint density at radius 1 is 1.23 bits per heavy atom. The van der Waals surface area contributed by atoms with Gasteiger partial charge in [-0.05, 0) is 36.9 Å². The minimum absolute atomic E-state index is 0.0579. The molecule has 0 spiro atoms. The monoisotopic (exact) mass is 479 g/mol. The number of piperazine rings is 1. The molecule has 0 unspecified atom stereocenters. The first-order valence-electron chi connectivity index (χ1n) is 9.17. The molecule has 0 radical (unpaired) electrons. The second-order valence-electron chi connectivity index (χ2n) is 7.10. The van der Waals surface area contributed by atoms with E-state index in [2.05, 4.69) is 4.74 Å². The van der Waals surface area contributed by atoms with Crippen molar-refractivity contribution < 1.29 is 23.4 Å². The summed E-state index contributed by atoms with van der Waals surface area (Å²) in [6.07, 6.45) is 1.51. The standard InChI is InChI=1S/C18H17Cl2F2N3O4S/c19-18(20,22)30-24-5-3-23(4-6-24)14-8-13-11(7-12(14)21)16(26)15(29-17(27)28)9-25(13)10-1-2-10/h7-10H,1-6H2,(H,27,28). The summed E-state index contributed by atoms with van der Waals surface area (Å²) in [5, 5.41) is 8.93. The van der Waals surface area contributed by atoms with Gasteiger partial charge in [-0.1, -0.05) is 23.2 Å². The van der Waals surface area contributed by atoms with Crippen molar-refractivity contribution in [1.29, 1.82) is 0 Å². The normalized spacial score (nSPS) is 18.1. The van der Waals surface area contributed by atoms with Crippen LogP contribution < -0.4 is 15.1 Å². The van der Waals surface area contributed by atoms with Crippen LogP contribution in [0.15, 0.2) is 23.1 Å². The number of carbonyl (C=O) groups is 1. The second-order valence-corrected chi connectivity index (χ2v) is 10.0.